The molecule has 2 aliphatic rings. The maximum atomic E-state index is 12.4. The van der Waals surface area contributed by atoms with E-state index < -0.39 is 0 Å². The molecule has 20 heavy (non-hydrogen) atoms. The molecule has 0 saturated carbocycles. The standard InChI is InChI=1S/C16H18N2O2/c1-17(2)18-15(19)13-9-8-12(10-14(13)16(18)20)11-6-4-3-5-7-11/h3-7,12H,8-10H2,1-2H3. The minimum absolute atomic E-state index is 0.137. The molecule has 4 heteroatoms. The van der Waals surface area contributed by atoms with Crippen LogP contribution in [0.15, 0.2) is 41.5 Å². The fourth-order valence-corrected chi connectivity index (χ4v) is 3.11. The number of imide groups is 1. The number of rotatable bonds is 2. The Bertz CT molecular complexity index is 590. The van der Waals surface area contributed by atoms with Crippen LogP contribution in [0.3, 0.4) is 0 Å². The van der Waals surface area contributed by atoms with Crippen LogP contribution in [0.5, 0.6) is 0 Å². The summed E-state index contributed by atoms with van der Waals surface area (Å²) in [6.45, 7) is 0. The first kappa shape index (κ1) is 13.1. The van der Waals surface area contributed by atoms with E-state index in [9.17, 15) is 9.59 Å². The maximum absolute atomic E-state index is 12.4. The van der Waals surface area contributed by atoms with Crippen molar-refractivity contribution in [1.82, 2.24) is 10.0 Å². The highest BCUT2D eigenvalue weighted by Crippen LogP contribution is 2.40. The molecule has 104 valence electrons. The van der Waals surface area contributed by atoms with Crippen molar-refractivity contribution in [2.45, 2.75) is 25.2 Å². The SMILES string of the molecule is CN(C)N1C(=O)C2=C(CC(c3ccccc3)CC2)C1=O. The number of hydrogen-bond donors (Lipinski definition) is 0. The molecule has 1 atom stereocenters. The molecule has 0 spiro atoms. The molecular formula is C16H18N2O2. The molecule has 1 unspecified atom stereocenters. The highest BCUT2D eigenvalue weighted by atomic mass is 16.2. The summed E-state index contributed by atoms with van der Waals surface area (Å²) in [5.41, 5.74) is 2.68. The zero-order valence-electron chi connectivity index (χ0n) is 11.8. The molecule has 3 rings (SSSR count). The van der Waals surface area contributed by atoms with E-state index in [0.29, 0.717) is 24.3 Å². The number of carbonyl (C=O) groups is 2. The van der Waals surface area contributed by atoms with E-state index in [1.54, 1.807) is 19.1 Å². The summed E-state index contributed by atoms with van der Waals surface area (Å²) in [6.07, 6.45) is 2.31. The van der Waals surface area contributed by atoms with Crippen molar-refractivity contribution >= 4 is 11.8 Å². The number of carbonyl (C=O) groups excluding carboxylic acids is 2. The lowest BCUT2D eigenvalue weighted by molar-refractivity contribution is -0.152. The van der Waals surface area contributed by atoms with E-state index in [1.165, 1.54) is 10.6 Å². The minimum Gasteiger partial charge on any atom is -0.267 e. The number of nitrogens with zero attached hydrogens (tertiary/aromatic N) is 2. The molecule has 0 N–H and O–H groups in total. The normalized spacial score (nSPS) is 22.8. The molecule has 1 heterocycles. The van der Waals surface area contributed by atoms with Gasteiger partial charge in [0.25, 0.3) is 11.8 Å². The Labute approximate surface area is 118 Å². The quantitative estimate of drug-likeness (QED) is 0.773. The van der Waals surface area contributed by atoms with E-state index in [4.69, 9.17) is 0 Å². The average Bonchev–Trinajstić information content (AvgIpc) is 2.71. The van der Waals surface area contributed by atoms with Gasteiger partial charge in [0.2, 0.25) is 0 Å². The summed E-state index contributed by atoms with van der Waals surface area (Å²) in [5.74, 6) is 0.0611. The Morgan fingerprint density at radius 3 is 2.35 bits per heavy atom. The highest BCUT2D eigenvalue weighted by molar-refractivity contribution is 6.19. The van der Waals surface area contributed by atoms with E-state index in [1.807, 2.05) is 18.2 Å². The van der Waals surface area contributed by atoms with Gasteiger partial charge in [0.05, 0.1) is 0 Å². The molecule has 0 saturated heterocycles. The van der Waals surface area contributed by atoms with Crippen LogP contribution in [-0.2, 0) is 9.59 Å². The summed E-state index contributed by atoms with van der Waals surface area (Å²) in [5, 5.41) is 2.82. The topological polar surface area (TPSA) is 40.6 Å². The van der Waals surface area contributed by atoms with Crippen molar-refractivity contribution in [3.63, 3.8) is 0 Å². The van der Waals surface area contributed by atoms with Crippen molar-refractivity contribution < 1.29 is 9.59 Å². The van der Waals surface area contributed by atoms with Crippen LogP contribution >= 0.6 is 0 Å². The van der Waals surface area contributed by atoms with Gasteiger partial charge in [-0.3, -0.25) is 9.59 Å². The predicted octanol–water partition coefficient (Wildman–Crippen LogP) is 2.10. The molecular weight excluding hydrogens is 252 g/mol. The zero-order valence-corrected chi connectivity index (χ0v) is 11.8. The monoisotopic (exact) mass is 270 g/mol. The second kappa shape index (κ2) is 4.87. The lowest BCUT2D eigenvalue weighted by Crippen LogP contribution is -2.42. The zero-order chi connectivity index (χ0) is 14.3. The number of benzene rings is 1. The van der Waals surface area contributed by atoms with Gasteiger partial charge in [-0.2, -0.15) is 0 Å². The smallest absolute Gasteiger partial charge is 0.267 e. The maximum Gasteiger partial charge on any atom is 0.271 e. The third-order valence-electron chi connectivity index (χ3n) is 4.13. The van der Waals surface area contributed by atoms with Gasteiger partial charge in [-0.15, -0.1) is 0 Å². The minimum atomic E-state index is -0.143. The molecule has 0 fully saturated rings. The molecule has 2 amide bonds. The van der Waals surface area contributed by atoms with Gasteiger partial charge in [0, 0.05) is 25.2 Å². The van der Waals surface area contributed by atoms with Gasteiger partial charge in [-0.05, 0) is 30.7 Å². The molecule has 1 aliphatic heterocycles. The van der Waals surface area contributed by atoms with E-state index in [0.717, 1.165) is 12.0 Å². The summed E-state index contributed by atoms with van der Waals surface area (Å²) in [4.78, 5) is 24.6. The van der Waals surface area contributed by atoms with E-state index in [-0.39, 0.29) is 11.8 Å². The van der Waals surface area contributed by atoms with Crippen LogP contribution in [-0.4, -0.2) is 35.9 Å². The van der Waals surface area contributed by atoms with Crippen molar-refractivity contribution in [1.29, 1.82) is 0 Å². The first-order chi connectivity index (χ1) is 9.59. The summed E-state index contributed by atoms with van der Waals surface area (Å²) in [7, 11) is 3.45. The molecule has 0 radical (unpaired) electrons. The van der Waals surface area contributed by atoms with Gasteiger partial charge in [-0.1, -0.05) is 30.3 Å². The lowest BCUT2D eigenvalue weighted by atomic mass is 9.81. The van der Waals surface area contributed by atoms with Crippen LogP contribution in [0.1, 0.15) is 30.7 Å². The predicted molar refractivity (Wildman–Crippen MR) is 75.6 cm³/mol. The van der Waals surface area contributed by atoms with Gasteiger partial charge in [0.1, 0.15) is 0 Å². The molecule has 4 nitrogen and oxygen atoms in total. The second-order valence-electron chi connectivity index (χ2n) is 5.58. The average molecular weight is 270 g/mol. The molecule has 1 aromatic carbocycles. The Morgan fingerprint density at radius 1 is 1.05 bits per heavy atom. The van der Waals surface area contributed by atoms with Crippen LogP contribution < -0.4 is 0 Å². The van der Waals surface area contributed by atoms with Crippen LogP contribution in [0.25, 0.3) is 0 Å². The van der Waals surface area contributed by atoms with Gasteiger partial charge >= 0.3 is 0 Å². The third kappa shape index (κ3) is 1.96. The van der Waals surface area contributed by atoms with Crippen LogP contribution in [0, 0.1) is 0 Å². The molecule has 0 aromatic heterocycles. The Kier molecular flexibility index (Phi) is 3.18. The van der Waals surface area contributed by atoms with Crippen LogP contribution in [0.4, 0.5) is 0 Å². The van der Waals surface area contributed by atoms with E-state index >= 15 is 0 Å². The molecule has 1 aliphatic carbocycles. The van der Waals surface area contributed by atoms with Crippen molar-refractivity contribution in [2.75, 3.05) is 14.1 Å². The Morgan fingerprint density at radius 2 is 1.70 bits per heavy atom. The molecule has 1 aromatic rings. The Hall–Kier alpha value is -1.94. The fourth-order valence-electron chi connectivity index (χ4n) is 3.11. The number of hydrogen-bond acceptors (Lipinski definition) is 3. The third-order valence-corrected chi connectivity index (χ3v) is 4.13. The van der Waals surface area contributed by atoms with Crippen molar-refractivity contribution in [3.8, 4) is 0 Å². The van der Waals surface area contributed by atoms with Crippen LogP contribution in [0.2, 0.25) is 0 Å². The second-order valence-corrected chi connectivity index (χ2v) is 5.58. The summed E-state index contributed by atoms with van der Waals surface area (Å²) >= 11 is 0. The summed E-state index contributed by atoms with van der Waals surface area (Å²) in [6, 6.07) is 10.2. The molecule has 0 bridgehead atoms. The highest BCUT2D eigenvalue weighted by Gasteiger charge is 2.42. The van der Waals surface area contributed by atoms with Crippen molar-refractivity contribution in [2.24, 2.45) is 0 Å². The number of amides is 2. The van der Waals surface area contributed by atoms with E-state index in [2.05, 4.69) is 12.1 Å². The van der Waals surface area contributed by atoms with Crippen molar-refractivity contribution in [3.05, 3.63) is 47.0 Å². The Balaban J connectivity index is 1.88. The fraction of sp³-hybridized carbons (Fsp3) is 0.375. The largest absolute Gasteiger partial charge is 0.271 e. The van der Waals surface area contributed by atoms with Gasteiger partial charge in [0.15, 0.2) is 0 Å². The first-order valence-corrected chi connectivity index (χ1v) is 6.92. The van der Waals surface area contributed by atoms with Gasteiger partial charge < -0.3 is 0 Å². The lowest BCUT2D eigenvalue weighted by Gasteiger charge is -2.22. The van der Waals surface area contributed by atoms with Gasteiger partial charge in [-0.25, -0.2) is 10.0 Å². The summed E-state index contributed by atoms with van der Waals surface area (Å²) < 4.78 is 0. The first-order valence-electron chi connectivity index (χ1n) is 6.92. The number of hydrazine groups is 1.